The maximum absolute atomic E-state index is 5.90. The van der Waals surface area contributed by atoms with E-state index in [1.54, 1.807) is 7.11 Å². The molecule has 0 radical (unpaired) electrons. The topological polar surface area (TPSA) is 47.6 Å². The van der Waals surface area contributed by atoms with Crippen LogP contribution in [0.1, 0.15) is 26.3 Å². The summed E-state index contributed by atoms with van der Waals surface area (Å²) in [5, 5.41) is 0. The molecule has 0 saturated heterocycles. The highest BCUT2D eigenvalue weighted by atomic mass is 16.5. The highest BCUT2D eigenvalue weighted by Crippen LogP contribution is 2.14. The molecule has 0 spiro atoms. The Morgan fingerprint density at radius 3 is 2.65 bits per heavy atom. The highest BCUT2D eigenvalue weighted by Gasteiger charge is 2.14. The van der Waals surface area contributed by atoms with Crippen LogP contribution in [-0.2, 0) is 6.42 Å². The van der Waals surface area contributed by atoms with Crippen LogP contribution in [0, 0.1) is 5.41 Å². The van der Waals surface area contributed by atoms with Crippen molar-refractivity contribution in [3.8, 4) is 5.75 Å². The number of methoxy groups -OCH3 is 1. The van der Waals surface area contributed by atoms with Gasteiger partial charge in [0, 0.05) is 12.0 Å². The maximum Gasteiger partial charge on any atom is 0.119 e. The molecule has 17 heavy (non-hydrogen) atoms. The number of hydrogen-bond acceptors (Lipinski definition) is 2. The summed E-state index contributed by atoms with van der Waals surface area (Å²) in [7, 11) is 1.68. The molecule has 1 aromatic carbocycles. The lowest BCUT2D eigenvalue weighted by atomic mass is 9.95. The first-order valence-electron chi connectivity index (χ1n) is 5.87. The SMILES string of the molecule is COc1cccc(CCN=C(N)C(C)(C)C)c1. The Balaban J connectivity index is 2.56. The van der Waals surface area contributed by atoms with Gasteiger partial charge in [-0.3, -0.25) is 4.99 Å². The van der Waals surface area contributed by atoms with E-state index >= 15 is 0 Å². The van der Waals surface area contributed by atoms with E-state index in [4.69, 9.17) is 10.5 Å². The van der Waals surface area contributed by atoms with Gasteiger partial charge in [-0.25, -0.2) is 0 Å². The first-order valence-corrected chi connectivity index (χ1v) is 5.87. The number of aliphatic imine (C=N–C) groups is 1. The van der Waals surface area contributed by atoms with Crippen molar-refractivity contribution in [2.24, 2.45) is 16.1 Å². The van der Waals surface area contributed by atoms with Crippen molar-refractivity contribution in [3.63, 3.8) is 0 Å². The third-order valence-corrected chi connectivity index (χ3v) is 2.59. The Morgan fingerprint density at radius 1 is 1.35 bits per heavy atom. The Morgan fingerprint density at radius 2 is 2.06 bits per heavy atom. The number of benzene rings is 1. The van der Waals surface area contributed by atoms with Gasteiger partial charge in [-0.05, 0) is 24.1 Å². The fourth-order valence-electron chi connectivity index (χ4n) is 1.37. The zero-order valence-corrected chi connectivity index (χ0v) is 11.2. The molecule has 1 aromatic rings. The molecule has 0 aliphatic heterocycles. The van der Waals surface area contributed by atoms with E-state index in [1.165, 1.54) is 5.56 Å². The molecule has 0 saturated carbocycles. The van der Waals surface area contributed by atoms with E-state index < -0.39 is 0 Å². The van der Waals surface area contributed by atoms with Crippen molar-refractivity contribution in [1.29, 1.82) is 0 Å². The van der Waals surface area contributed by atoms with Crippen LogP contribution in [-0.4, -0.2) is 19.5 Å². The molecule has 2 N–H and O–H groups in total. The molecule has 0 atom stereocenters. The van der Waals surface area contributed by atoms with Gasteiger partial charge >= 0.3 is 0 Å². The molecule has 3 heteroatoms. The normalized spacial score (nSPS) is 12.6. The molecule has 0 aliphatic carbocycles. The van der Waals surface area contributed by atoms with E-state index in [0.29, 0.717) is 5.84 Å². The summed E-state index contributed by atoms with van der Waals surface area (Å²) in [6.45, 7) is 6.92. The summed E-state index contributed by atoms with van der Waals surface area (Å²) >= 11 is 0. The van der Waals surface area contributed by atoms with Crippen molar-refractivity contribution in [2.75, 3.05) is 13.7 Å². The van der Waals surface area contributed by atoms with Crippen molar-refractivity contribution >= 4 is 5.84 Å². The summed E-state index contributed by atoms with van der Waals surface area (Å²) in [4.78, 5) is 4.40. The van der Waals surface area contributed by atoms with Crippen molar-refractivity contribution in [3.05, 3.63) is 29.8 Å². The minimum atomic E-state index is -0.0472. The van der Waals surface area contributed by atoms with Crippen molar-refractivity contribution in [1.82, 2.24) is 0 Å². The van der Waals surface area contributed by atoms with Gasteiger partial charge in [0.1, 0.15) is 5.75 Å². The third kappa shape index (κ3) is 4.47. The third-order valence-electron chi connectivity index (χ3n) is 2.59. The smallest absolute Gasteiger partial charge is 0.119 e. The van der Waals surface area contributed by atoms with Gasteiger partial charge in [0.25, 0.3) is 0 Å². The first-order chi connectivity index (χ1) is 7.93. The summed E-state index contributed by atoms with van der Waals surface area (Å²) in [5.74, 6) is 1.59. The summed E-state index contributed by atoms with van der Waals surface area (Å²) in [5.41, 5.74) is 7.07. The number of nitrogens with zero attached hydrogens (tertiary/aromatic N) is 1. The minimum absolute atomic E-state index is 0.0472. The van der Waals surface area contributed by atoms with Crippen LogP contribution in [0.25, 0.3) is 0 Å². The molecule has 0 fully saturated rings. The van der Waals surface area contributed by atoms with E-state index in [9.17, 15) is 0 Å². The number of nitrogens with two attached hydrogens (primary N) is 1. The van der Waals surface area contributed by atoms with Crippen molar-refractivity contribution < 1.29 is 4.74 Å². The molecule has 0 unspecified atom stereocenters. The fraction of sp³-hybridized carbons (Fsp3) is 0.500. The van der Waals surface area contributed by atoms with Crippen LogP contribution >= 0.6 is 0 Å². The predicted molar refractivity (Wildman–Crippen MR) is 72.6 cm³/mol. The van der Waals surface area contributed by atoms with Gasteiger partial charge in [0.2, 0.25) is 0 Å². The molecule has 0 aromatic heterocycles. The lowest BCUT2D eigenvalue weighted by Gasteiger charge is -2.17. The quantitative estimate of drug-likeness (QED) is 0.643. The maximum atomic E-state index is 5.90. The summed E-state index contributed by atoms with van der Waals surface area (Å²) in [6, 6.07) is 8.04. The molecule has 1 rings (SSSR count). The Hall–Kier alpha value is -1.51. The first kappa shape index (κ1) is 13.6. The highest BCUT2D eigenvalue weighted by molar-refractivity contribution is 5.85. The van der Waals surface area contributed by atoms with Gasteiger partial charge in [-0.15, -0.1) is 0 Å². The second-order valence-electron chi connectivity index (χ2n) is 5.12. The molecular weight excluding hydrogens is 212 g/mol. The van der Waals surface area contributed by atoms with E-state index in [0.717, 1.165) is 18.7 Å². The van der Waals surface area contributed by atoms with E-state index in [-0.39, 0.29) is 5.41 Å². The average Bonchev–Trinajstić information content (AvgIpc) is 2.28. The molecule has 0 aliphatic rings. The predicted octanol–water partition coefficient (Wildman–Crippen LogP) is 2.64. The summed E-state index contributed by atoms with van der Waals surface area (Å²) in [6.07, 6.45) is 0.883. The average molecular weight is 234 g/mol. The van der Waals surface area contributed by atoms with Gasteiger partial charge in [-0.1, -0.05) is 32.9 Å². The Kier molecular flexibility index (Phi) is 4.55. The van der Waals surface area contributed by atoms with Gasteiger partial charge in [-0.2, -0.15) is 0 Å². The zero-order chi connectivity index (χ0) is 12.9. The zero-order valence-electron chi connectivity index (χ0n) is 11.2. The van der Waals surface area contributed by atoms with E-state index in [2.05, 4.69) is 31.8 Å². The van der Waals surface area contributed by atoms with Crippen LogP contribution in [0.5, 0.6) is 5.75 Å². The lowest BCUT2D eigenvalue weighted by Crippen LogP contribution is -2.29. The van der Waals surface area contributed by atoms with Crippen LogP contribution in [0.2, 0.25) is 0 Å². The van der Waals surface area contributed by atoms with Crippen LogP contribution in [0.15, 0.2) is 29.3 Å². The van der Waals surface area contributed by atoms with Crippen LogP contribution in [0.4, 0.5) is 0 Å². The van der Waals surface area contributed by atoms with E-state index in [1.807, 2.05) is 18.2 Å². The standard InChI is InChI=1S/C14H22N2O/c1-14(2,3)13(15)16-9-8-11-6-5-7-12(10-11)17-4/h5-7,10H,8-9H2,1-4H3,(H2,15,16). The summed E-state index contributed by atoms with van der Waals surface area (Å²) < 4.78 is 5.18. The minimum Gasteiger partial charge on any atom is -0.497 e. The van der Waals surface area contributed by atoms with Gasteiger partial charge < -0.3 is 10.5 Å². The Labute approximate surface area is 104 Å². The van der Waals surface area contributed by atoms with Crippen LogP contribution in [0.3, 0.4) is 0 Å². The molecule has 0 amide bonds. The van der Waals surface area contributed by atoms with Gasteiger partial charge in [0.15, 0.2) is 0 Å². The number of rotatable bonds is 4. The number of ether oxygens (including phenoxy) is 1. The molecule has 0 heterocycles. The van der Waals surface area contributed by atoms with Crippen LogP contribution < -0.4 is 10.5 Å². The second kappa shape index (κ2) is 5.71. The number of hydrogen-bond donors (Lipinski definition) is 1. The second-order valence-corrected chi connectivity index (χ2v) is 5.12. The van der Waals surface area contributed by atoms with Crippen molar-refractivity contribution in [2.45, 2.75) is 27.2 Å². The number of amidine groups is 1. The largest absolute Gasteiger partial charge is 0.497 e. The lowest BCUT2D eigenvalue weighted by molar-refractivity contribution is 0.414. The Bertz CT molecular complexity index is 391. The van der Waals surface area contributed by atoms with Gasteiger partial charge in [0.05, 0.1) is 12.9 Å². The molecule has 94 valence electrons. The molecular formula is C14H22N2O. The molecule has 0 bridgehead atoms. The molecule has 3 nitrogen and oxygen atoms in total. The monoisotopic (exact) mass is 234 g/mol. The fourth-order valence-corrected chi connectivity index (χ4v) is 1.37.